The zero-order valence-electron chi connectivity index (χ0n) is 18.0. The first-order valence-electron chi connectivity index (χ1n) is 10.9. The predicted octanol–water partition coefficient (Wildman–Crippen LogP) is 3.01. The zero-order chi connectivity index (χ0) is 22.0. The summed E-state index contributed by atoms with van der Waals surface area (Å²) in [7, 11) is 0. The van der Waals surface area contributed by atoms with Gasteiger partial charge in [0.05, 0.1) is 25.2 Å². The second-order valence-corrected chi connectivity index (χ2v) is 9.21. The van der Waals surface area contributed by atoms with Gasteiger partial charge in [-0.2, -0.15) is 0 Å². The molecule has 0 amide bonds. The number of rotatable bonds is 3. The minimum atomic E-state index is -1.66. The molecule has 5 rings (SSSR count). The molecule has 8 heteroatoms. The van der Waals surface area contributed by atoms with Gasteiger partial charge in [-0.15, -0.1) is 0 Å². The highest BCUT2D eigenvalue weighted by Gasteiger charge is 2.71. The van der Waals surface area contributed by atoms with Crippen molar-refractivity contribution < 1.29 is 38.1 Å². The van der Waals surface area contributed by atoms with Gasteiger partial charge in [0.1, 0.15) is 0 Å². The summed E-state index contributed by atoms with van der Waals surface area (Å²) in [6, 6.07) is 1.84. The van der Waals surface area contributed by atoms with Crippen molar-refractivity contribution in [2.75, 3.05) is 6.61 Å². The molecule has 0 bridgehead atoms. The lowest BCUT2D eigenvalue weighted by Gasteiger charge is -2.56. The lowest BCUT2D eigenvalue weighted by Crippen LogP contribution is -2.65. The molecule has 0 aromatic carbocycles. The highest BCUT2D eigenvalue weighted by Crippen LogP contribution is 2.67. The third kappa shape index (κ3) is 2.92. The van der Waals surface area contributed by atoms with Crippen LogP contribution in [0.3, 0.4) is 0 Å². The Morgan fingerprint density at radius 1 is 1.23 bits per heavy atom. The molecule has 31 heavy (non-hydrogen) atoms. The molecule has 2 aliphatic heterocycles. The molecule has 8 nitrogen and oxygen atoms in total. The Morgan fingerprint density at radius 2 is 2.00 bits per heavy atom. The highest BCUT2D eigenvalue weighted by molar-refractivity contribution is 5.67. The van der Waals surface area contributed by atoms with Crippen LogP contribution in [0.4, 0.5) is 0 Å². The summed E-state index contributed by atoms with van der Waals surface area (Å²) in [5.41, 5.74) is 2.01. The van der Waals surface area contributed by atoms with Gasteiger partial charge in [-0.05, 0) is 48.8 Å². The number of hydrogen-bond donors (Lipinski definition) is 1. The van der Waals surface area contributed by atoms with Crippen molar-refractivity contribution in [1.29, 1.82) is 0 Å². The fourth-order valence-electron chi connectivity index (χ4n) is 6.44. The Labute approximate surface area is 180 Å². The molecule has 1 saturated heterocycles. The molecule has 168 valence electrons. The standard InChI is InChI=1S/C23H28O8/c1-12-20(29-13(2)24)23(26)19-16(11-28-23)5-4-6-17(19)22(12)9-18(15-7-8-27-10-15)31-21(22)30-14(3)25/h7-8,10,12,17-18,20-21,26H,4-6,9,11H2,1-3H3. The monoisotopic (exact) mass is 432 g/mol. The van der Waals surface area contributed by atoms with E-state index in [9.17, 15) is 14.7 Å². The maximum atomic E-state index is 12.1. The van der Waals surface area contributed by atoms with Gasteiger partial charge in [0, 0.05) is 30.7 Å². The van der Waals surface area contributed by atoms with Crippen LogP contribution in [-0.4, -0.2) is 41.8 Å². The maximum absolute atomic E-state index is 12.1. The van der Waals surface area contributed by atoms with Crippen LogP contribution in [0.25, 0.3) is 0 Å². The fourth-order valence-corrected chi connectivity index (χ4v) is 6.44. The van der Waals surface area contributed by atoms with Crippen LogP contribution in [0.1, 0.15) is 58.1 Å². The summed E-state index contributed by atoms with van der Waals surface area (Å²) in [5, 5.41) is 11.6. The summed E-state index contributed by atoms with van der Waals surface area (Å²) in [5.74, 6) is -3.12. The molecule has 1 spiro atoms. The molecule has 3 heterocycles. The number of hydrogen-bond acceptors (Lipinski definition) is 8. The minimum absolute atomic E-state index is 0.119. The molecule has 1 saturated carbocycles. The topological polar surface area (TPSA) is 104 Å². The summed E-state index contributed by atoms with van der Waals surface area (Å²) in [6.45, 7) is 4.92. The van der Waals surface area contributed by atoms with Crippen molar-refractivity contribution >= 4 is 11.9 Å². The molecule has 2 aliphatic carbocycles. The second-order valence-electron chi connectivity index (χ2n) is 9.21. The first-order valence-corrected chi connectivity index (χ1v) is 10.9. The predicted molar refractivity (Wildman–Crippen MR) is 105 cm³/mol. The number of esters is 2. The van der Waals surface area contributed by atoms with Crippen molar-refractivity contribution in [3.05, 3.63) is 35.3 Å². The van der Waals surface area contributed by atoms with Gasteiger partial charge in [-0.1, -0.05) is 6.92 Å². The number of furan rings is 1. The largest absolute Gasteiger partial charge is 0.472 e. The number of carbonyl (C=O) groups is 2. The normalized spacial score (nSPS) is 41.4. The van der Waals surface area contributed by atoms with Crippen molar-refractivity contribution in [2.45, 2.75) is 70.7 Å². The van der Waals surface area contributed by atoms with E-state index < -0.39 is 41.5 Å². The fraction of sp³-hybridized carbons (Fsp3) is 0.652. The number of ether oxygens (including phenoxy) is 4. The first-order chi connectivity index (χ1) is 14.8. The first kappa shape index (κ1) is 20.7. The molecule has 1 aromatic rings. The van der Waals surface area contributed by atoms with E-state index in [4.69, 9.17) is 23.4 Å². The Bertz CT molecular complexity index is 920. The quantitative estimate of drug-likeness (QED) is 0.574. The molecule has 1 aromatic heterocycles. The molecule has 7 atom stereocenters. The molecular formula is C23H28O8. The van der Waals surface area contributed by atoms with Crippen molar-refractivity contribution in [1.82, 2.24) is 0 Å². The van der Waals surface area contributed by atoms with E-state index in [2.05, 4.69) is 0 Å². The van der Waals surface area contributed by atoms with E-state index in [1.165, 1.54) is 13.8 Å². The number of fused-ring (bicyclic) bond motifs is 1. The molecule has 1 N–H and O–H groups in total. The van der Waals surface area contributed by atoms with Crippen molar-refractivity contribution in [2.24, 2.45) is 17.3 Å². The van der Waals surface area contributed by atoms with E-state index in [1.54, 1.807) is 12.5 Å². The van der Waals surface area contributed by atoms with Crippen LogP contribution in [0.5, 0.6) is 0 Å². The van der Waals surface area contributed by atoms with Crippen LogP contribution in [0.2, 0.25) is 0 Å². The Balaban J connectivity index is 1.66. The van der Waals surface area contributed by atoms with Gasteiger partial charge in [-0.3, -0.25) is 9.59 Å². The second kappa shape index (κ2) is 7.18. The van der Waals surface area contributed by atoms with Crippen LogP contribution in [-0.2, 0) is 28.5 Å². The van der Waals surface area contributed by atoms with Gasteiger partial charge < -0.3 is 28.5 Å². The third-order valence-electron chi connectivity index (χ3n) is 7.64. The Kier molecular flexibility index (Phi) is 4.80. The Hall–Kier alpha value is -2.16. The van der Waals surface area contributed by atoms with Crippen LogP contribution in [0.15, 0.2) is 34.2 Å². The lowest BCUT2D eigenvalue weighted by atomic mass is 9.51. The van der Waals surface area contributed by atoms with Crippen molar-refractivity contribution in [3.63, 3.8) is 0 Å². The van der Waals surface area contributed by atoms with Crippen LogP contribution in [0, 0.1) is 17.3 Å². The van der Waals surface area contributed by atoms with E-state index in [-0.39, 0.29) is 12.0 Å². The van der Waals surface area contributed by atoms with Crippen LogP contribution < -0.4 is 0 Å². The number of carbonyl (C=O) groups excluding carboxylic acids is 2. The van der Waals surface area contributed by atoms with Gasteiger partial charge in [0.2, 0.25) is 12.1 Å². The molecular weight excluding hydrogens is 404 g/mol. The van der Waals surface area contributed by atoms with Gasteiger partial charge in [-0.25, -0.2) is 0 Å². The average molecular weight is 432 g/mol. The molecule has 7 unspecified atom stereocenters. The van der Waals surface area contributed by atoms with E-state index >= 15 is 0 Å². The number of aliphatic hydroxyl groups is 1. The summed E-state index contributed by atoms with van der Waals surface area (Å²) >= 11 is 0. The smallest absolute Gasteiger partial charge is 0.304 e. The van der Waals surface area contributed by atoms with E-state index in [0.29, 0.717) is 13.0 Å². The maximum Gasteiger partial charge on any atom is 0.304 e. The highest BCUT2D eigenvalue weighted by atomic mass is 16.7. The summed E-state index contributed by atoms with van der Waals surface area (Å²) in [4.78, 5) is 24.1. The lowest BCUT2D eigenvalue weighted by molar-refractivity contribution is -0.287. The Morgan fingerprint density at radius 3 is 2.68 bits per heavy atom. The van der Waals surface area contributed by atoms with Crippen molar-refractivity contribution in [3.8, 4) is 0 Å². The van der Waals surface area contributed by atoms with Gasteiger partial charge >= 0.3 is 11.9 Å². The SMILES string of the molecule is CC(=O)OC1C(C)C2(CC(c3ccoc3)OC2OC(C)=O)C2CCCC3=C2C1(O)OC3. The van der Waals surface area contributed by atoms with Gasteiger partial charge in [0.15, 0.2) is 6.10 Å². The zero-order valence-corrected chi connectivity index (χ0v) is 18.0. The minimum Gasteiger partial charge on any atom is -0.472 e. The summed E-state index contributed by atoms with van der Waals surface area (Å²) in [6.07, 6.45) is 4.21. The summed E-state index contributed by atoms with van der Waals surface area (Å²) < 4.78 is 28.9. The third-order valence-corrected chi connectivity index (χ3v) is 7.64. The van der Waals surface area contributed by atoms with Crippen LogP contribution >= 0.6 is 0 Å². The van der Waals surface area contributed by atoms with E-state index in [1.807, 2.05) is 13.0 Å². The average Bonchev–Trinajstić information content (AvgIpc) is 3.43. The van der Waals surface area contributed by atoms with Gasteiger partial charge in [0.25, 0.3) is 0 Å². The molecule has 2 fully saturated rings. The van der Waals surface area contributed by atoms with E-state index in [0.717, 1.165) is 36.0 Å². The molecule has 0 radical (unpaired) electrons. The molecule has 4 aliphatic rings.